The molecule has 166 valence electrons. The summed E-state index contributed by atoms with van der Waals surface area (Å²) in [7, 11) is 0. The van der Waals surface area contributed by atoms with E-state index in [4.69, 9.17) is 0 Å². The van der Waals surface area contributed by atoms with Gasteiger partial charge in [-0.05, 0) is 55.8 Å². The van der Waals surface area contributed by atoms with Gasteiger partial charge in [-0.15, -0.1) is 11.3 Å². The number of thiophene rings is 1. The number of hydrogen-bond acceptors (Lipinski definition) is 6. The van der Waals surface area contributed by atoms with Gasteiger partial charge in [-0.2, -0.15) is 5.10 Å². The fraction of sp³-hybridized carbons (Fsp3) is 0.0800. The van der Waals surface area contributed by atoms with E-state index in [0.717, 1.165) is 21.6 Å². The molecule has 6 rings (SSSR count). The minimum atomic E-state index is -0.393. The molecule has 0 atom stereocenters. The number of carbonyl (C=O) groups is 1. The van der Waals surface area contributed by atoms with Crippen molar-refractivity contribution >= 4 is 39.2 Å². The summed E-state index contributed by atoms with van der Waals surface area (Å²) in [5, 5.41) is 7.61. The standard InChI is InChI=1S/C25H17FN6OS/c1-12-7-9-27-11-16(12)14-3-4-17-20(21(14)26)23(32-31-17)25-29-22-15(8-10-28-24(22)30-25)19-6-5-18(34-19)13(2)33/h3-11H,1-2H3,(H,31,32)(H,28,29,30). The molecule has 5 aromatic heterocycles. The molecule has 5 heterocycles. The van der Waals surface area contributed by atoms with Crippen LogP contribution >= 0.6 is 11.3 Å². The first-order valence-electron chi connectivity index (χ1n) is 10.5. The van der Waals surface area contributed by atoms with Crippen LogP contribution in [-0.2, 0) is 0 Å². The molecule has 1 aromatic carbocycles. The van der Waals surface area contributed by atoms with Crippen molar-refractivity contribution in [1.82, 2.24) is 30.1 Å². The zero-order chi connectivity index (χ0) is 23.4. The number of aryl methyl sites for hydroxylation is 1. The van der Waals surface area contributed by atoms with Crippen molar-refractivity contribution in [1.29, 1.82) is 0 Å². The molecule has 9 heteroatoms. The summed E-state index contributed by atoms with van der Waals surface area (Å²) >= 11 is 1.41. The highest BCUT2D eigenvalue weighted by Crippen LogP contribution is 2.37. The number of aromatic amines is 2. The van der Waals surface area contributed by atoms with Gasteiger partial charge >= 0.3 is 0 Å². The van der Waals surface area contributed by atoms with E-state index < -0.39 is 5.82 Å². The third kappa shape index (κ3) is 3.12. The smallest absolute Gasteiger partial charge is 0.178 e. The molecule has 7 nitrogen and oxygen atoms in total. The SMILES string of the molecule is CC(=O)c1ccc(-c2ccnc3nc(-c4n[nH]c5ccc(-c6cnccc6C)c(F)c45)[nH]c23)s1. The summed E-state index contributed by atoms with van der Waals surface area (Å²) in [4.78, 5) is 29.8. The molecule has 0 aliphatic heterocycles. The van der Waals surface area contributed by atoms with Gasteiger partial charge in [0.05, 0.1) is 21.3 Å². The minimum absolute atomic E-state index is 0.0185. The Morgan fingerprint density at radius 1 is 1.03 bits per heavy atom. The van der Waals surface area contributed by atoms with Crippen molar-refractivity contribution < 1.29 is 9.18 Å². The number of hydrogen-bond donors (Lipinski definition) is 2. The highest BCUT2D eigenvalue weighted by molar-refractivity contribution is 7.17. The maximum atomic E-state index is 15.8. The zero-order valence-electron chi connectivity index (χ0n) is 18.2. The van der Waals surface area contributed by atoms with Gasteiger partial charge in [0.15, 0.2) is 17.3 Å². The molecule has 0 amide bonds. The van der Waals surface area contributed by atoms with Crippen LogP contribution in [0.2, 0.25) is 0 Å². The largest absolute Gasteiger partial charge is 0.335 e. The molecular formula is C25H17FN6OS. The fourth-order valence-electron chi connectivity index (χ4n) is 4.10. The molecule has 2 N–H and O–H groups in total. The molecule has 0 unspecified atom stereocenters. The van der Waals surface area contributed by atoms with E-state index in [0.29, 0.717) is 44.0 Å². The molecule has 0 bridgehead atoms. The molecule has 0 saturated carbocycles. The van der Waals surface area contributed by atoms with Crippen LogP contribution in [0.5, 0.6) is 0 Å². The molecule has 0 aliphatic carbocycles. The van der Waals surface area contributed by atoms with E-state index in [1.54, 1.807) is 37.6 Å². The van der Waals surface area contributed by atoms with E-state index in [-0.39, 0.29) is 5.78 Å². The second-order valence-electron chi connectivity index (χ2n) is 7.98. The lowest BCUT2D eigenvalue weighted by Crippen LogP contribution is -1.91. The van der Waals surface area contributed by atoms with Crippen LogP contribution in [0.1, 0.15) is 22.2 Å². The molecule has 0 aliphatic rings. The van der Waals surface area contributed by atoms with Gasteiger partial charge in [0.1, 0.15) is 11.5 Å². The maximum absolute atomic E-state index is 15.8. The number of carbonyl (C=O) groups excluding carboxylic acids is 1. The Hall–Kier alpha value is -4.24. The normalized spacial score (nSPS) is 11.5. The van der Waals surface area contributed by atoms with Crippen LogP contribution in [0.25, 0.3) is 55.2 Å². The molecule has 0 saturated heterocycles. The van der Waals surface area contributed by atoms with Crippen LogP contribution in [0.4, 0.5) is 4.39 Å². The molecule has 0 radical (unpaired) electrons. The number of Topliss-reactive ketones (excluding diaryl/α,β-unsaturated/α-hetero) is 1. The number of benzene rings is 1. The van der Waals surface area contributed by atoms with Gasteiger partial charge in [-0.3, -0.25) is 14.9 Å². The average Bonchev–Trinajstić information content (AvgIpc) is 3.57. The molecule has 0 spiro atoms. The van der Waals surface area contributed by atoms with E-state index >= 15 is 4.39 Å². The highest BCUT2D eigenvalue weighted by Gasteiger charge is 2.21. The Balaban J connectivity index is 1.53. The topological polar surface area (TPSA) is 100 Å². The number of nitrogens with one attached hydrogen (secondary N) is 2. The number of ketones is 1. The highest BCUT2D eigenvalue weighted by atomic mass is 32.1. The molecule has 6 aromatic rings. The monoisotopic (exact) mass is 468 g/mol. The van der Waals surface area contributed by atoms with Crippen molar-refractivity contribution in [2.24, 2.45) is 0 Å². The van der Waals surface area contributed by atoms with Gasteiger partial charge in [-0.1, -0.05) is 0 Å². The number of aromatic nitrogens is 6. The van der Waals surface area contributed by atoms with Crippen LogP contribution < -0.4 is 0 Å². The number of fused-ring (bicyclic) bond motifs is 2. The second-order valence-corrected chi connectivity index (χ2v) is 9.06. The van der Waals surface area contributed by atoms with Crippen molar-refractivity contribution in [3.8, 4) is 33.1 Å². The minimum Gasteiger partial charge on any atom is -0.335 e. The lowest BCUT2D eigenvalue weighted by Gasteiger charge is -2.07. The lowest BCUT2D eigenvalue weighted by molar-refractivity contribution is 0.102. The van der Waals surface area contributed by atoms with Gasteiger partial charge in [0.25, 0.3) is 0 Å². The summed E-state index contributed by atoms with van der Waals surface area (Å²) in [5.74, 6) is 0.0313. The van der Waals surface area contributed by atoms with Gasteiger partial charge in [0.2, 0.25) is 0 Å². The predicted molar refractivity (Wildman–Crippen MR) is 130 cm³/mol. The van der Waals surface area contributed by atoms with Gasteiger partial charge < -0.3 is 4.98 Å². The first-order chi connectivity index (χ1) is 16.5. The Labute approximate surface area is 196 Å². The number of pyridine rings is 2. The van der Waals surface area contributed by atoms with Crippen molar-refractivity contribution in [3.05, 3.63) is 71.2 Å². The third-order valence-electron chi connectivity index (χ3n) is 5.83. The Bertz CT molecular complexity index is 1730. The Kier molecular flexibility index (Phi) is 4.59. The number of nitrogens with zero attached hydrogens (tertiary/aromatic N) is 4. The van der Waals surface area contributed by atoms with E-state index in [2.05, 4.69) is 30.1 Å². The number of halogens is 1. The van der Waals surface area contributed by atoms with Crippen molar-refractivity contribution in [2.75, 3.05) is 0 Å². The zero-order valence-corrected chi connectivity index (χ0v) is 19.0. The van der Waals surface area contributed by atoms with Crippen LogP contribution in [0.3, 0.4) is 0 Å². The van der Waals surface area contributed by atoms with Crippen LogP contribution in [0.15, 0.2) is 55.0 Å². The Morgan fingerprint density at radius 2 is 1.91 bits per heavy atom. The van der Waals surface area contributed by atoms with Gasteiger partial charge in [0, 0.05) is 40.2 Å². The van der Waals surface area contributed by atoms with Crippen LogP contribution in [-0.4, -0.2) is 35.9 Å². The van der Waals surface area contributed by atoms with E-state index in [1.807, 2.05) is 31.2 Å². The fourth-order valence-corrected chi connectivity index (χ4v) is 5.03. The van der Waals surface area contributed by atoms with Gasteiger partial charge in [-0.25, -0.2) is 14.4 Å². The summed E-state index contributed by atoms with van der Waals surface area (Å²) in [6.07, 6.45) is 5.01. The number of rotatable bonds is 4. The summed E-state index contributed by atoms with van der Waals surface area (Å²) in [6, 6.07) is 11.0. The summed E-state index contributed by atoms with van der Waals surface area (Å²) in [5.41, 5.74) is 5.09. The first kappa shape index (κ1) is 20.4. The molecular weight excluding hydrogens is 451 g/mol. The number of imidazole rings is 1. The number of H-pyrrole nitrogens is 2. The second kappa shape index (κ2) is 7.67. The lowest BCUT2D eigenvalue weighted by atomic mass is 10.00. The average molecular weight is 469 g/mol. The first-order valence-corrected chi connectivity index (χ1v) is 11.4. The van der Waals surface area contributed by atoms with E-state index in [1.165, 1.54) is 11.3 Å². The maximum Gasteiger partial charge on any atom is 0.178 e. The quantitative estimate of drug-likeness (QED) is 0.312. The predicted octanol–water partition coefficient (Wildman–Crippen LogP) is 5.94. The van der Waals surface area contributed by atoms with Crippen molar-refractivity contribution in [2.45, 2.75) is 13.8 Å². The Morgan fingerprint density at radius 3 is 2.71 bits per heavy atom. The van der Waals surface area contributed by atoms with Crippen LogP contribution in [0, 0.1) is 12.7 Å². The van der Waals surface area contributed by atoms with Crippen molar-refractivity contribution in [3.63, 3.8) is 0 Å². The van der Waals surface area contributed by atoms with E-state index in [9.17, 15) is 4.79 Å². The molecule has 0 fully saturated rings. The summed E-state index contributed by atoms with van der Waals surface area (Å²) < 4.78 is 15.8. The molecule has 34 heavy (non-hydrogen) atoms. The third-order valence-corrected chi connectivity index (χ3v) is 7.05. The summed E-state index contributed by atoms with van der Waals surface area (Å²) in [6.45, 7) is 3.47.